The highest BCUT2D eigenvalue weighted by Gasteiger charge is 2.20. The largest absolute Gasteiger partial charge is 0.493 e. The standard InChI is InChI=1S/C16H19N3O2/c1-20-14-7-11-4-6-19(10-12(11)8-15(14)21-2)16-9-13(17)3-5-18-16/h3,5,7-9H,4,6,10H2,1-2H3,(H2,17,18). The number of ether oxygens (including phenoxy) is 2. The van der Waals surface area contributed by atoms with Gasteiger partial charge in [-0.25, -0.2) is 4.98 Å². The quantitative estimate of drug-likeness (QED) is 0.937. The summed E-state index contributed by atoms with van der Waals surface area (Å²) in [6.45, 7) is 1.71. The molecule has 1 aromatic carbocycles. The Bertz CT molecular complexity index is 658. The Balaban J connectivity index is 1.91. The lowest BCUT2D eigenvalue weighted by Gasteiger charge is -2.30. The molecule has 5 heteroatoms. The number of anilines is 2. The molecule has 110 valence electrons. The van der Waals surface area contributed by atoms with E-state index in [0.717, 1.165) is 42.5 Å². The van der Waals surface area contributed by atoms with Gasteiger partial charge in [-0.3, -0.25) is 0 Å². The van der Waals surface area contributed by atoms with Crippen molar-refractivity contribution in [3.05, 3.63) is 41.6 Å². The predicted molar refractivity (Wildman–Crippen MR) is 82.9 cm³/mol. The van der Waals surface area contributed by atoms with Crippen LogP contribution in [0.2, 0.25) is 0 Å². The van der Waals surface area contributed by atoms with Gasteiger partial charge in [0.25, 0.3) is 0 Å². The number of pyridine rings is 1. The summed E-state index contributed by atoms with van der Waals surface area (Å²) in [4.78, 5) is 6.63. The number of fused-ring (bicyclic) bond motifs is 1. The maximum atomic E-state index is 5.84. The third-order valence-electron chi connectivity index (χ3n) is 3.81. The minimum Gasteiger partial charge on any atom is -0.493 e. The van der Waals surface area contributed by atoms with Gasteiger partial charge in [0, 0.05) is 31.0 Å². The maximum absolute atomic E-state index is 5.84. The summed E-state index contributed by atoms with van der Waals surface area (Å²) in [7, 11) is 3.32. The molecule has 2 heterocycles. The molecule has 2 N–H and O–H groups in total. The highest BCUT2D eigenvalue weighted by molar-refractivity contribution is 5.54. The molecule has 0 fully saturated rings. The maximum Gasteiger partial charge on any atom is 0.161 e. The van der Waals surface area contributed by atoms with E-state index in [1.54, 1.807) is 26.5 Å². The van der Waals surface area contributed by atoms with Crippen LogP contribution in [0.5, 0.6) is 11.5 Å². The number of rotatable bonds is 3. The smallest absolute Gasteiger partial charge is 0.161 e. The molecule has 0 radical (unpaired) electrons. The zero-order chi connectivity index (χ0) is 14.8. The Morgan fingerprint density at radius 2 is 1.81 bits per heavy atom. The Hall–Kier alpha value is -2.43. The molecular formula is C16H19N3O2. The lowest BCUT2D eigenvalue weighted by atomic mass is 9.99. The molecule has 3 rings (SSSR count). The van der Waals surface area contributed by atoms with Gasteiger partial charge in [0.15, 0.2) is 11.5 Å². The number of hydrogen-bond donors (Lipinski definition) is 1. The summed E-state index contributed by atoms with van der Waals surface area (Å²) in [6.07, 6.45) is 2.70. The number of hydrogen-bond acceptors (Lipinski definition) is 5. The molecule has 0 unspecified atom stereocenters. The molecule has 21 heavy (non-hydrogen) atoms. The highest BCUT2D eigenvalue weighted by Crippen LogP contribution is 2.34. The van der Waals surface area contributed by atoms with Crippen LogP contribution in [0.1, 0.15) is 11.1 Å². The number of nitrogens with two attached hydrogens (primary N) is 1. The van der Waals surface area contributed by atoms with Crippen molar-refractivity contribution in [2.45, 2.75) is 13.0 Å². The first-order valence-electron chi connectivity index (χ1n) is 6.91. The number of nitrogens with zero attached hydrogens (tertiary/aromatic N) is 2. The van der Waals surface area contributed by atoms with Crippen LogP contribution in [-0.2, 0) is 13.0 Å². The third-order valence-corrected chi connectivity index (χ3v) is 3.81. The van der Waals surface area contributed by atoms with Crippen molar-refractivity contribution in [3.8, 4) is 11.5 Å². The zero-order valence-corrected chi connectivity index (χ0v) is 12.3. The molecule has 1 aliphatic rings. The second-order valence-electron chi connectivity index (χ2n) is 5.09. The topological polar surface area (TPSA) is 60.6 Å². The molecule has 0 spiro atoms. The van der Waals surface area contributed by atoms with Crippen LogP contribution in [0, 0.1) is 0 Å². The van der Waals surface area contributed by atoms with Crippen LogP contribution < -0.4 is 20.1 Å². The fraction of sp³-hybridized carbons (Fsp3) is 0.312. The molecule has 0 saturated carbocycles. The first kappa shape index (κ1) is 13.5. The van der Waals surface area contributed by atoms with Gasteiger partial charge in [0.05, 0.1) is 14.2 Å². The van der Waals surface area contributed by atoms with Crippen molar-refractivity contribution < 1.29 is 9.47 Å². The average Bonchev–Trinajstić information content (AvgIpc) is 2.53. The molecule has 2 aromatic rings. The number of aromatic nitrogens is 1. The minimum absolute atomic E-state index is 0.734. The normalized spacial score (nSPS) is 13.7. The molecular weight excluding hydrogens is 266 g/mol. The SMILES string of the molecule is COc1cc2c(cc1OC)CN(c1cc(N)ccn1)CC2. The van der Waals surface area contributed by atoms with Gasteiger partial charge in [-0.15, -0.1) is 0 Å². The van der Waals surface area contributed by atoms with Crippen molar-refractivity contribution in [1.29, 1.82) is 0 Å². The Kier molecular flexibility index (Phi) is 3.56. The van der Waals surface area contributed by atoms with Gasteiger partial charge in [0.2, 0.25) is 0 Å². The predicted octanol–water partition coefficient (Wildman–Crippen LogP) is 2.24. The van der Waals surface area contributed by atoms with Gasteiger partial charge in [0.1, 0.15) is 5.82 Å². The Morgan fingerprint density at radius 3 is 2.48 bits per heavy atom. The van der Waals surface area contributed by atoms with Gasteiger partial charge in [-0.05, 0) is 35.7 Å². The van der Waals surface area contributed by atoms with Gasteiger partial charge < -0.3 is 20.1 Å². The van der Waals surface area contributed by atoms with E-state index in [0.29, 0.717) is 0 Å². The minimum atomic E-state index is 0.734. The molecule has 0 amide bonds. The van der Waals surface area contributed by atoms with Crippen LogP contribution in [0.4, 0.5) is 11.5 Å². The summed E-state index contributed by atoms with van der Waals surface area (Å²) >= 11 is 0. The van der Waals surface area contributed by atoms with Gasteiger partial charge >= 0.3 is 0 Å². The Labute approximate surface area is 124 Å². The molecule has 0 aliphatic carbocycles. The van der Waals surface area contributed by atoms with E-state index in [1.807, 2.05) is 12.1 Å². The molecule has 0 bridgehead atoms. The molecule has 0 saturated heterocycles. The van der Waals surface area contributed by atoms with Crippen molar-refractivity contribution in [3.63, 3.8) is 0 Å². The Morgan fingerprint density at radius 1 is 1.10 bits per heavy atom. The number of methoxy groups -OCH3 is 2. The monoisotopic (exact) mass is 285 g/mol. The molecule has 1 aliphatic heterocycles. The number of nitrogen functional groups attached to an aromatic ring is 1. The fourth-order valence-corrected chi connectivity index (χ4v) is 2.69. The van der Waals surface area contributed by atoms with E-state index in [9.17, 15) is 0 Å². The zero-order valence-electron chi connectivity index (χ0n) is 12.3. The lowest BCUT2D eigenvalue weighted by molar-refractivity contribution is 0.353. The van der Waals surface area contributed by atoms with E-state index < -0.39 is 0 Å². The van der Waals surface area contributed by atoms with Crippen molar-refractivity contribution >= 4 is 11.5 Å². The first-order chi connectivity index (χ1) is 10.2. The summed E-state index contributed by atoms with van der Waals surface area (Å²) < 4.78 is 10.7. The van der Waals surface area contributed by atoms with Gasteiger partial charge in [-0.2, -0.15) is 0 Å². The summed E-state index contributed by atoms with van der Waals surface area (Å²) in [5.41, 5.74) is 9.11. The summed E-state index contributed by atoms with van der Waals surface area (Å²) in [5, 5.41) is 0. The van der Waals surface area contributed by atoms with Crippen LogP contribution in [0.25, 0.3) is 0 Å². The molecule has 0 atom stereocenters. The lowest BCUT2D eigenvalue weighted by Crippen LogP contribution is -2.31. The third kappa shape index (κ3) is 2.59. The van der Waals surface area contributed by atoms with Crippen LogP contribution >= 0.6 is 0 Å². The second kappa shape index (κ2) is 5.52. The fourth-order valence-electron chi connectivity index (χ4n) is 2.69. The summed E-state index contributed by atoms with van der Waals surface area (Å²) in [5.74, 6) is 2.46. The highest BCUT2D eigenvalue weighted by atomic mass is 16.5. The van der Waals surface area contributed by atoms with E-state index in [4.69, 9.17) is 15.2 Å². The van der Waals surface area contributed by atoms with Crippen LogP contribution in [0.15, 0.2) is 30.5 Å². The van der Waals surface area contributed by atoms with E-state index >= 15 is 0 Å². The summed E-state index contributed by atoms with van der Waals surface area (Å²) in [6, 6.07) is 7.83. The van der Waals surface area contributed by atoms with E-state index in [1.165, 1.54) is 11.1 Å². The molecule has 5 nitrogen and oxygen atoms in total. The van der Waals surface area contributed by atoms with Crippen LogP contribution in [0.3, 0.4) is 0 Å². The average molecular weight is 285 g/mol. The van der Waals surface area contributed by atoms with Crippen molar-refractivity contribution in [1.82, 2.24) is 4.98 Å². The van der Waals surface area contributed by atoms with Crippen molar-refractivity contribution in [2.24, 2.45) is 0 Å². The molecule has 1 aromatic heterocycles. The van der Waals surface area contributed by atoms with E-state index in [-0.39, 0.29) is 0 Å². The van der Waals surface area contributed by atoms with Crippen molar-refractivity contribution in [2.75, 3.05) is 31.4 Å². The first-order valence-corrected chi connectivity index (χ1v) is 6.91. The van der Waals surface area contributed by atoms with Gasteiger partial charge in [-0.1, -0.05) is 0 Å². The van der Waals surface area contributed by atoms with E-state index in [2.05, 4.69) is 16.0 Å². The number of benzene rings is 1. The van der Waals surface area contributed by atoms with Crippen LogP contribution in [-0.4, -0.2) is 25.7 Å². The second-order valence-corrected chi connectivity index (χ2v) is 5.09.